The zero-order valence-corrected chi connectivity index (χ0v) is 13.9. The molecular weight excluding hydrogens is 336 g/mol. The summed E-state index contributed by atoms with van der Waals surface area (Å²) < 4.78 is 5.04. The SMILES string of the molecule is CCCC(Br)C(=O)NCCC(=O)Nc1ccc(OC)cc1. The third-order valence-corrected chi connectivity index (χ3v) is 3.73. The Bertz CT molecular complexity index is 462. The van der Waals surface area contributed by atoms with Crippen molar-refractivity contribution >= 4 is 33.4 Å². The van der Waals surface area contributed by atoms with Gasteiger partial charge >= 0.3 is 0 Å². The number of hydrogen-bond donors (Lipinski definition) is 2. The number of halogens is 1. The molecule has 0 saturated carbocycles. The topological polar surface area (TPSA) is 67.4 Å². The van der Waals surface area contributed by atoms with Crippen LogP contribution in [0.15, 0.2) is 24.3 Å². The Hall–Kier alpha value is -1.56. The number of carbonyl (C=O) groups excluding carboxylic acids is 2. The lowest BCUT2D eigenvalue weighted by molar-refractivity contribution is -0.120. The molecule has 0 bridgehead atoms. The summed E-state index contributed by atoms with van der Waals surface area (Å²) in [5, 5.41) is 5.50. The van der Waals surface area contributed by atoms with Crippen molar-refractivity contribution in [2.45, 2.75) is 31.0 Å². The van der Waals surface area contributed by atoms with Crippen LogP contribution in [0, 0.1) is 0 Å². The zero-order valence-electron chi connectivity index (χ0n) is 12.3. The summed E-state index contributed by atoms with van der Waals surface area (Å²) in [7, 11) is 1.59. The maximum absolute atomic E-state index is 11.7. The van der Waals surface area contributed by atoms with Crippen molar-refractivity contribution in [3.63, 3.8) is 0 Å². The average molecular weight is 357 g/mol. The first-order valence-corrected chi connectivity index (χ1v) is 7.84. The quantitative estimate of drug-likeness (QED) is 0.703. The van der Waals surface area contributed by atoms with Gasteiger partial charge < -0.3 is 15.4 Å². The number of ether oxygens (including phenoxy) is 1. The Labute approximate surface area is 133 Å². The minimum Gasteiger partial charge on any atom is -0.497 e. The monoisotopic (exact) mass is 356 g/mol. The molecule has 0 spiro atoms. The van der Waals surface area contributed by atoms with Gasteiger partial charge in [-0.05, 0) is 30.7 Å². The lowest BCUT2D eigenvalue weighted by atomic mass is 10.2. The van der Waals surface area contributed by atoms with E-state index in [-0.39, 0.29) is 23.1 Å². The number of hydrogen-bond acceptors (Lipinski definition) is 3. The lowest BCUT2D eigenvalue weighted by Crippen LogP contribution is -2.33. The molecule has 1 unspecified atom stereocenters. The third-order valence-electron chi connectivity index (χ3n) is 2.85. The van der Waals surface area contributed by atoms with Crippen LogP contribution >= 0.6 is 15.9 Å². The van der Waals surface area contributed by atoms with Crippen LogP contribution < -0.4 is 15.4 Å². The second-order valence-electron chi connectivity index (χ2n) is 4.57. The number of alkyl halides is 1. The van der Waals surface area contributed by atoms with Crippen molar-refractivity contribution in [3.8, 4) is 5.75 Å². The van der Waals surface area contributed by atoms with Crippen molar-refractivity contribution in [1.82, 2.24) is 5.32 Å². The van der Waals surface area contributed by atoms with Gasteiger partial charge in [0, 0.05) is 18.7 Å². The number of carbonyl (C=O) groups is 2. The third kappa shape index (κ3) is 6.62. The maximum Gasteiger partial charge on any atom is 0.233 e. The van der Waals surface area contributed by atoms with Crippen molar-refractivity contribution in [2.75, 3.05) is 19.0 Å². The second kappa shape index (κ2) is 9.39. The summed E-state index contributed by atoms with van der Waals surface area (Å²) in [5.74, 6) is 0.524. The van der Waals surface area contributed by atoms with E-state index in [4.69, 9.17) is 4.74 Å². The maximum atomic E-state index is 11.7. The van der Waals surface area contributed by atoms with E-state index < -0.39 is 0 Å². The van der Waals surface area contributed by atoms with E-state index in [0.717, 1.165) is 18.6 Å². The van der Waals surface area contributed by atoms with Gasteiger partial charge in [-0.1, -0.05) is 29.3 Å². The first-order valence-electron chi connectivity index (χ1n) is 6.92. The highest BCUT2D eigenvalue weighted by atomic mass is 79.9. The molecule has 5 nitrogen and oxygen atoms in total. The fourth-order valence-electron chi connectivity index (χ4n) is 1.69. The molecule has 2 amide bonds. The molecular formula is C15H21BrN2O3. The molecule has 0 aliphatic heterocycles. The molecule has 0 aromatic heterocycles. The number of nitrogens with one attached hydrogen (secondary N) is 2. The molecule has 21 heavy (non-hydrogen) atoms. The van der Waals surface area contributed by atoms with Crippen LogP contribution in [0.25, 0.3) is 0 Å². The van der Waals surface area contributed by atoms with Gasteiger partial charge in [-0.15, -0.1) is 0 Å². The van der Waals surface area contributed by atoms with Crippen molar-refractivity contribution in [2.24, 2.45) is 0 Å². The summed E-state index contributed by atoms with van der Waals surface area (Å²) in [4.78, 5) is 23.2. The average Bonchev–Trinajstić information content (AvgIpc) is 2.48. The van der Waals surface area contributed by atoms with Crippen LogP contribution in [0.3, 0.4) is 0 Å². The Kier molecular flexibility index (Phi) is 7.82. The number of benzene rings is 1. The Morgan fingerprint density at radius 3 is 2.52 bits per heavy atom. The number of rotatable bonds is 8. The van der Waals surface area contributed by atoms with E-state index in [9.17, 15) is 9.59 Å². The summed E-state index contributed by atoms with van der Waals surface area (Å²) in [6, 6.07) is 7.09. The molecule has 6 heteroatoms. The molecule has 0 heterocycles. The van der Waals surface area contributed by atoms with Gasteiger partial charge in [-0.3, -0.25) is 9.59 Å². The summed E-state index contributed by atoms with van der Waals surface area (Å²) in [6.45, 7) is 2.34. The van der Waals surface area contributed by atoms with E-state index in [1.165, 1.54) is 0 Å². The summed E-state index contributed by atoms with van der Waals surface area (Å²) in [6.07, 6.45) is 1.95. The van der Waals surface area contributed by atoms with Gasteiger partial charge in [0.15, 0.2) is 0 Å². The first kappa shape index (κ1) is 17.5. The van der Waals surface area contributed by atoms with Crippen LogP contribution in [0.5, 0.6) is 5.75 Å². The standard InChI is InChI=1S/C15H21BrN2O3/c1-3-4-13(16)15(20)17-10-9-14(19)18-11-5-7-12(21-2)8-6-11/h5-8,13H,3-4,9-10H2,1-2H3,(H,17,20)(H,18,19). The van der Waals surface area contributed by atoms with Crippen LogP contribution in [-0.2, 0) is 9.59 Å². The predicted octanol–water partition coefficient (Wildman–Crippen LogP) is 2.70. The Morgan fingerprint density at radius 2 is 1.95 bits per heavy atom. The van der Waals surface area contributed by atoms with Gasteiger partial charge in [0.2, 0.25) is 11.8 Å². The van der Waals surface area contributed by atoms with Crippen molar-refractivity contribution in [1.29, 1.82) is 0 Å². The molecule has 1 aromatic carbocycles. The summed E-state index contributed by atoms with van der Waals surface area (Å²) >= 11 is 3.31. The predicted molar refractivity (Wildman–Crippen MR) is 86.9 cm³/mol. The molecule has 2 N–H and O–H groups in total. The highest BCUT2D eigenvalue weighted by molar-refractivity contribution is 9.10. The molecule has 0 radical (unpaired) electrons. The van der Waals surface area contributed by atoms with Crippen molar-refractivity contribution in [3.05, 3.63) is 24.3 Å². The minimum absolute atomic E-state index is 0.0749. The highest BCUT2D eigenvalue weighted by Crippen LogP contribution is 2.15. The molecule has 1 rings (SSSR count). The van der Waals surface area contributed by atoms with Gasteiger partial charge in [0.25, 0.3) is 0 Å². The molecule has 0 saturated heterocycles. The molecule has 116 valence electrons. The van der Waals surface area contributed by atoms with Gasteiger partial charge in [-0.25, -0.2) is 0 Å². The van der Waals surface area contributed by atoms with E-state index >= 15 is 0 Å². The molecule has 1 aromatic rings. The van der Waals surface area contributed by atoms with Crippen molar-refractivity contribution < 1.29 is 14.3 Å². The van der Waals surface area contributed by atoms with E-state index in [1.807, 2.05) is 6.92 Å². The van der Waals surface area contributed by atoms with Crippen LogP contribution in [0.4, 0.5) is 5.69 Å². The van der Waals surface area contributed by atoms with Crippen LogP contribution in [0.2, 0.25) is 0 Å². The second-order valence-corrected chi connectivity index (χ2v) is 5.68. The number of anilines is 1. The summed E-state index contributed by atoms with van der Waals surface area (Å²) in [5.41, 5.74) is 0.705. The number of amides is 2. The van der Waals surface area contributed by atoms with Gasteiger partial charge in [0.05, 0.1) is 11.9 Å². The molecule has 0 aliphatic rings. The largest absolute Gasteiger partial charge is 0.497 e. The lowest BCUT2D eigenvalue weighted by Gasteiger charge is -2.10. The van der Waals surface area contributed by atoms with E-state index in [1.54, 1.807) is 31.4 Å². The Balaban J connectivity index is 2.29. The van der Waals surface area contributed by atoms with Crippen LogP contribution in [-0.4, -0.2) is 30.3 Å². The minimum atomic E-state index is -0.188. The normalized spacial score (nSPS) is 11.6. The molecule has 0 aliphatic carbocycles. The fourth-order valence-corrected chi connectivity index (χ4v) is 2.31. The van der Waals surface area contributed by atoms with E-state index in [0.29, 0.717) is 12.2 Å². The Morgan fingerprint density at radius 1 is 1.29 bits per heavy atom. The van der Waals surface area contributed by atoms with Gasteiger partial charge in [0.1, 0.15) is 5.75 Å². The van der Waals surface area contributed by atoms with Gasteiger partial charge in [-0.2, -0.15) is 0 Å². The van der Waals surface area contributed by atoms with Crippen LogP contribution in [0.1, 0.15) is 26.2 Å². The fraction of sp³-hybridized carbons (Fsp3) is 0.467. The number of methoxy groups -OCH3 is 1. The molecule has 0 fully saturated rings. The zero-order chi connectivity index (χ0) is 15.7. The molecule has 1 atom stereocenters. The first-order chi connectivity index (χ1) is 10.1. The van der Waals surface area contributed by atoms with E-state index in [2.05, 4.69) is 26.6 Å². The highest BCUT2D eigenvalue weighted by Gasteiger charge is 2.13. The smallest absolute Gasteiger partial charge is 0.233 e.